The van der Waals surface area contributed by atoms with Crippen molar-refractivity contribution in [3.05, 3.63) is 0 Å². The molecule has 4 nitrogen and oxygen atoms in total. The fourth-order valence-electron chi connectivity index (χ4n) is 1.93. The Morgan fingerprint density at radius 3 is 1.72 bits per heavy atom. The second-order valence-corrected chi connectivity index (χ2v) is 12.0. The third-order valence-electron chi connectivity index (χ3n) is 3.65. The highest BCUT2D eigenvalue weighted by Gasteiger charge is 2.40. The van der Waals surface area contributed by atoms with Gasteiger partial charge >= 0.3 is 17.1 Å². The molecular formula is C12H30O4Si2. The summed E-state index contributed by atoms with van der Waals surface area (Å²) >= 11 is 0. The molecule has 0 radical (unpaired) electrons. The number of hydrogen-bond acceptors (Lipinski definition) is 4. The minimum absolute atomic E-state index is 0.439. The molecule has 0 aliphatic heterocycles. The molecular weight excluding hydrogens is 264 g/mol. The number of hydrogen-bond donors (Lipinski definition) is 0. The molecule has 18 heavy (non-hydrogen) atoms. The van der Waals surface area contributed by atoms with Gasteiger partial charge in [0.1, 0.15) is 0 Å². The van der Waals surface area contributed by atoms with E-state index in [0.29, 0.717) is 5.54 Å². The Hall–Kier alpha value is 0.274. The molecule has 0 aromatic carbocycles. The van der Waals surface area contributed by atoms with Crippen LogP contribution in [0.5, 0.6) is 0 Å². The summed E-state index contributed by atoms with van der Waals surface area (Å²) in [5.74, 6) is 0. The van der Waals surface area contributed by atoms with Crippen LogP contribution in [0, 0.1) is 0 Å². The van der Waals surface area contributed by atoms with E-state index in [1.807, 2.05) is 13.8 Å². The molecule has 0 rings (SSSR count). The molecule has 1 atom stereocenters. The summed E-state index contributed by atoms with van der Waals surface area (Å²) in [6.45, 7) is 12.0. The van der Waals surface area contributed by atoms with E-state index < -0.39 is 17.1 Å². The molecule has 0 saturated heterocycles. The van der Waals surface area contributed by atoms with Crippen LogP contribution in [0.25, 0.3) is 0 Å². The van der Waals surface area contributed by atoms with E-state index in [9.17, 15) is 0 Å². The first-order chi connectivity index (χ1) is 8.37. The van der Waals surface area contributed by atoms with Crippen molar-refractivity contribution in [2.45, 2.75) is 51.9 Å². The fourth-order valence-corrected chi connectivity index (χ4v) is 6.22. The van der Waals surface area contributed by atoms with Crippen LogP contribution in [-0.4, -0.2) is 44.6 Å². The number of rotatable bonds is 10. The highest BCUT2D eigenvalue weighted by molar-refractivity contribution is 6.68. The second kappa shape index (κ2) is 8.45. The third-order valence-corrected chi connectivity index (χ3v) is 10.4. The molecule has 6 heteroatoms. The van der Waals surface area contributed by atoms with Crippen molar-refractivity contribution in [1.82, 2.24) is 0 Å². The van der Waals surface area contributed by atoms with Crippen LogP contribution in [0.3, 0.4) is 0 Å². The predicted molar refractivity (Wildman–Crippen MR) is 79.4 cm³/mol. The van der Waals surface area contributed by atoms with Crippen molar-refractivity contribution >= 4 is 17.1 Å². The SMILES string of the molecule is CCO[Si](C)(OCC)C(C)CC[Si](C)(OC)OC. The molecule has 0 aromatic heterocycles. The molecule has 1 unspecified atom stereocenters. The first kappa shape index (κ1) is 18.3. The van der Waals surface area contributed by atoms with E-state index in [4.69, 9.17) is 17.7 Å². The lowest BCUT2D eigenvalue weighted by Gasteiger charge is -2.33. The average Bonchev–Trinajstić information content (AvgIpc) is 2.36. The molecule has 0 heterocycles. The first-order valence-electron chi connectivity index (χ1n) is 6.75. The van der Waals surface area contributed by atoms with Crippen LogP contribution in [0.4, 0.5) is 0 Å². The maximum absolute atomic E-state index is 5.91. The lowest BCUT2D eigenvalue weighted by molar-refractivity contribution is 0.178. The molecule has 0 aliphatic carbocycles. The van der Waals surface area contributed by atoms with Crippen molar-refractivity contribution < 1.29 is 17.7 Å². The zero-order chi connectivity index (χ0) is 14.2. The van der Waals surface area contributed by atoms with Gasteiger partial charge in [0.05, 0.1) is 0 Å². The monoisotopic (exact) mass is 294 g/mol. The zero-order valence-corrected chi connectivity index (χ0v) is 15.0. The molecule has 0 N–H and O–H groups in total. The summed E-state index contributed by atoms with van der Waals surface area (Å²) in [4.78, 5) is 0. The van der Waals surface area contributed by atoms with Gasteiger partial charge in [-0.2, -0.15) is 0 Å². The molecule has 0 fully saturated rings. The molecule has 0 bridgehead atoms. The van der Waals surface area contributed by atoms with Crippen molar-refractivity contribution in [3.63, 3.8) is 0 Å². The molecule has 0 aliphatic rings. The molecule has 0 saturated carbocycles. The van der Waals surface area contributed by atoms with Crippen LogP contribution >= 0.6 is 0 Å². The van der Waals surface area contributed by atoms with Crippen LogP contribution in [0.15, 0.2) is 0 Å². The third kappa shape index (κ3) is 5.50. The van der Waals surface area contributed by atoms with Gasteiger partial charge in [-0.05, 0) is 44.9 Å². The van der Waals surface area contributed by atoms with E-state index in [1.165, 1.54) is 0 Å². The van der Waals surface area contributed by atoms with Gasteiger partial charge in [0.15, 0.2) is 0 Å². The average molecular weight is 295 g/mol. The van der Waals surface area contributed by atoms with Crippen LogP contribution < -0.4 is 0 Å². The van der Waals surface area contributed by atoms with E-state index in [1.54, 1.807) is 14.2 Å². The Labute approximate surface area is 114 Å². The summed E-state index contributed by atoms with van der Waals surface area (Å²) < 4.78 is 22.9. The highest BCUT2D eigenvalue weighted by Crippen LogP contribution is 2.31. The van der Waals surface area contributed by atoms with E-state index in [-0.39, 0.29) is 0 Å². The van der Waals surface area contributed by atoms with E-state index in [0.717, 1.165) is 25.7 Å². The van der Waals surface area contributed by atoms with Gasteiger partial charge in [-0.15, -0.1) is 0 Å². The molecule has 0 spiro atoms. The van der Waals surface area contributed by atoms with Gasteiger partial charge < -0.3 is 17.7 Å². The standard InChI is InChI=1S/C12H30O4Si2/c1-8-15-18(7,16-9-2)12(3)10-11-17(6,13-4)14-5/h12H,8-11H2,1-7H3. The minimum Gasteiger partial charge on any atom is -0.398 e. The van der Waals surface area contributed by atoms with Gasteiger partial charge in [0.2, 0.25) is 0 Å². The topological polar surface area (TPSA) is 36.9 Å². The molecule has 0 aromatic rings. The predicted octanol–water partition coefficient (Wildman–Crippen LogP) is 3.28. The lowest BCUT2D eigenvalue weighted by Crippen LogP contribution is -2.44. The van der Waals surface area contributed by atoms with Gasteiger partial charge in [-0.3, -0.25) is 0 Å². The Bertz CT molecular complexity index is 216. The quantitative estimate of drug-likeness (QED) is 0.579. The summed E-state index contributed by atoms with van der Waals surface area (Å²) in [7, 11) is -0.564. The van der Waals surface area contributed by atoms with Crippen molar-refractivity contribution in [1.29, 1.82) is 0 Å². The molecule has 110 valence electrons. The first-order valence-corrected chi connectivity index (χ1v) is 11.7. The maximum atomic E-state index is 5.91. The summed E-state index contributed by atoms with van der Waals surface area (Å²) in [6.07, 6.45) is 1.03. The van der Waals surface area contributed by atoms with Crippen LogP contribution in [0.1, 0.15) is 27.2 Å². The zero-order valence-electron chi connectivity index (χ0n) is 13.0. The summed E-state index contributed by atoms with van der Waals surface area (Å²) in [5.41, 5.74) is 0.439. The normalized spacial score (nSPS) is 14.8. The van der Waals surface area contributed by atoms with Crippen molar-refractivity contribution in [2.75, 3.05) is 27.4 Å². The Morgan fingerprint density at radius 2 is 1.39 bits per heavy atom. The minimum atomic E-state index is -2.07. The Balaban J connectivity index is 4.47. The summed E-state index contributed by atoms with van der Waals surface area (Å²) in [5, 5.41) is 0. The molecule has 0 amide bonds. The van der Waals surface area contributed by atoms with E-state index >= 15 is 0 Å². The highest BCUT2D eigenvalue weighted by atomic mass is 28.4. The van der Waals surface area contributed by atoms with E-state index in [2.05, 4.69) is 20.0 Å². The van der Waals surface area contributed by atoms with Crippen LogP contribution in [-0.2, 0) is 17.7 Å². The summed E-state index contributed by atoms with van der Waals surface area (Å²) in [6, 6.07) is 0.976. The van der Waals surface area contributed by atoms with Crippen molar-refractivity contribution in [3.8, 4) is 0 Å². The lowest BCUT2D eigenvalue weighted by atomic mass is 10.4. The second-order valence-electron chi connectivity index (χ2n) is 4.86. The maximum Gasteiger partial charge on any atom is 0.337 e. The smallest absolute Gasteiger partial charge is 0.337 e. The van der Waals surface area contributed by atoms with Crippen molar-refractivity contribution in [2.24, 2.45) is 0 Å². The Morgan fingerprint density at radius 1 is 0.944 bits per heavy atom. The van der Waals surface area contributed by atoms with Crippen LogP contribution in [0.2, 0.25) is 24.7 Å². The largest absolute Gasteiger partial charge is 0.398 e. The van der Waals surface area contributed by atoms with Gasteiger partial charge in [0.25, 0.3) is 0 Å². The van der Waals surface area contributed by atoms with Gasteiger partial charge in [-0.25, -0.2) is 0 Å². The fraction of sp³-hybridized carbons (Fsp3) is 1.00. The van der Waals surface area contributed by atoms with Gasteiger partial charge in [-0.1, -0.05) is 6.92 Å². The Kier molecular flexibility index (Phi) is 8.57. The van der Waals surface area contributed by atoms with Gasteiger partial charge in [0, 0.05) is 27.4 Å².